The molecular weight excluding hydrogens is 174 g/mol. The van der Waals surface area contributed by atoms with Gasteiger partial charge in [-0.2, -0.15) is 0 Å². The summed E-state index contributed by atoms with van der Waals surface area (Å²) in [4.78, 5) is 0. The molecule has 0 radical (unpaired) electrons. The summed E-state index contributed by atoms with van der Waals surface area (Å²) in [7, 11) is 1.63. The molecule has 1 rings (SSSR count). The molecule has 0 heterocycles. The first-order chi connectivity index (χ1) is 5.69. The molecule has 0 saturated heterocycles. The van der Waals surface area contributed by atoms with Gasteiger partial charge in [0.05, 0.1) is 7.11 Å². The maximum atomic E-state index is 5.92. The molecule has 0 bridgehead atoms. The van der Waals surface area contributed by atoms with Crippen LogP contribution in [0.2, 0.25) is 5.02 Å². The number of aryl methyl sites for hydroxylation is 1. The lowest BCUT2D eigenvalue weighted by Crippen LogP contribution is -1.98. The zero-order valence-corrected chi connectivity index (χ0v) is 7.98. The van der Waals surface area contributed by atoms with Crippen LogP contribution in [-0.2, 0) is 6.54 Å². The third-order valence-electron chi connectivity index (χ3n) is 1.78. The van der Waals surface area contributed by atoms with Gasteiger partial charge in [0.25, 0.3) is 0 Å². The van der Waals surface area contributed by atoms with Gasteiger partial charge in [-0.15, -0.1) is 0 Å². The second-order valence-electron chi connectivity index (χ2n) is 2.62. The molecule has 0 aromatic heterocycles. The van der Waals surface area contributed by atoms with Gasteiger partial charge in [0.15, 0.2) is 0 Å². The zero-order chi connectivity index (χ0) is 9.14. The lowest BCUT2D eigenvalue weighted by Gasteiger charge is -2.07. The Morgan fingerprint density at radius 1 is 1.50 bits per heavy atom. The largest absolute Gasteiger partial charge is 0.496 e. The number of ether oxygens (including phenoxy) is 1. The molecule has 2 N–H and O–H groups in total. The number of hydrogen-bond donors (Lipinski definition) is 1. The Balaban J connectivity index is 3.16. The molecule has 0 aliphatic rings. The van der Waals surface area contributed by atoms with Crippen molar-refractivity contribution >= 4 is 11.6 Å². The van der Waals surface area contributed by atoms with Crippen LogP contribution in [0.5, 0.6) is 5.75 Å². The molecule has 1 aromatic rings. The summed E-state index contributed by atoms with van der Waals surface area (Å²) in [5.74, 6) is 0.803. The number of hydrogen-bond acceptors (Lipinski definition) is 2. The minimum absolute atomic E-state index is 0.462. The fourth-order valence-electron chi connectivity index (χ4n) is 1.10. The Hall–Kier alpha value is -0.730. The first kappa shape index (κ1) is 9.36. The molecule has 0 atom stereocenters. The molecule has 0 amide bonds. The summed E-state index contributed by atoms with van der Waals surface area (Å²) in [6.45, 7) is 2.43. The molecule has 0 aliphatic carbocycles. The van der Waals surface area contributed by atoms with Gasteiger partial charge in [0, 0.05) is 11.6 Å². The molecule has 12 heavy (non-hydrogen) atoms. The Morgan fingerprint density at radius 2 is 2.17 bits per heavy atom. The number of nitrogens with two attached hydrogens (primary N) is 1. The van der Waals surface area contributed by atoms with E-state index in [1.165, 1.54) is 0 Å². The minimum atomic E-state index is 0.462. The van der Waals surface area contributed by atoms with Crippen molar-refractivity contribution in [2.75, 3.05) is 7.11 Å². The van der Waals surface area contributed by atoms with E-state index in [4.69, 9.17) is 22.1 Å². The summed E-state index contributed by atoms with van der Waals surface area (Å²) in [5, 5.41) is 0.667. The van der Waals surface area contributed by atoms with Gasteiger partial charge in [-0.1, -0.05) is 11.6 Å². The second kappa shape index (κ2) is 3.78. The quantitative estimate of drug-likeness (QED) is 0.766. The van der Waals surface area contributed by atoms with Gasteiger partial charge < -0.3 is 10.5 Å². The summed E-state index contributed by atoms with van der Waals surface area (Å²) in [5.41, 5.74) is 7.50. The van der Waals surface area contributed by atoms with Gasteiger partial charge in [-0.05, 0) is 30.2 Å². The first-order valence-corrected chi connectivity index (χ1v) is 4.10. The van der Waals surface area contributed by atoms with Crippen molar-refractivity contribution in [2.24, 2.45) is 5.73 Å². The molecule has 0 saturated carbocycles. The van der Waals surface area contributed by atoms with Crippen LogP contribution in [0.1, 0.15) is 11.1 Å². The van der Waals surface area contributed by atoms with Crippen molar-refractivity contribution in [3.05, 3.63) is 28.3 Å². The monoisotopic (exact) mass is 185 g/mol. The standard InChI is InChI=1S/C9H12ClNO/c1-6-3-7(5-11)8(10)4-9(6)12-2/h3-4H,5,11H2,1-2H3. The summed E-state index contributed by atoms with van der Waals surface area (Å²) in [6.07, 6.45) is 0. The third-order valence-corrected chi connectivity index (χ3v) is 2.14. The highest BCUT2D eigenvalue weighted by atomic mass is 35.5. The molecule has 0 fully saturated rings. The normalized spacial score (nSPS) is 10.0. The van der Waals surface area contributed by atoms with Crippen LogP contribution in [0.4, 0.5) is 0 Å². The van der Waals surface area contributed by atoms with E-state index in [1.807, 2.05) is 13.0 Å². The van der Waals surface area contributed by atoms with Crippen molar-refractivity contribution in [1.82, 2.24) is 0 Å². The van der Waals surface area contributed by atoms with Crippen LogP contribution < -0.4 is 10.5 Å². The number of benzene rings is 1. The SMILES string of the molecule is COc1cc(Cl)c(CN)cc1C. The lowest BCUT2D eigenvalue weighted by molar-refractivity contribution is 0.411. The highest BCUT2D eigenvalue weighted by Gasteiger charge is 2.03. The summed E-state index contributed by atoms with van der Waals surface area (Å²) >= 11 is 5.92. The molecule has 66 valence electrons. The highest BCUT2D eigenvalue weighted by Crippen LogP contribution is 2.25. The molecule has 1 aromatic carbocycles. The van der Waals surface area contributed by atoms with E-state index in [0.29, 0.717) is 11.6 Å². The molecule has 0 unspecified atom stereocenters. The smallest absolute Gasteiger partial charge is 0.123 e. The van der Waals surface area contributed by atoms with Crippen molar-refractivity contribution in [1.29, 1.82) is 0 Å². The molecule has 2 nitrogen and oxygen atoms in total. The highest BCUT2D eigenvalue weighted by molar-refractivity contribution is 6.31. The average molecular weight is 186 g/mol. The van der Waals surface area contributed by atoms with Gasteiger partial charge in [-0.3, -0.25) is 0 Å². The fourth-order valence-corrected chi connectivity index (χ4v) is 1.33. The van der Waals surface area contributed by atoms with E-state index >= 15 is 0 Å². The molecule has 0 aliphatic heterocycles. The van der Waals surface area contributed by atoms with Crippen molar-refractivity contribution in [3.63, 3.8) is 0 Å². The van der Waals surface area contributed by atoms with Gasteiger partial charge in [0.2, 0.25) is 0 Å². The van der Waals surface area contributed by atoms with E-state index < -0.39 is 0 Å². The van der Waals surface area contributed by atoms with Crippen molar-refractivity contribution in [3.8, 4) is 5.75 Å². The topological polar surface area (TPSA) is 35.2 Å². The van der Waals surface area contributed by atoms with Crippen LogP contribution in [0.3, 0.4) is 0 Å². The molecule has 0 spiro atoms. The maximum absolute atomic E-state index is 5.92. The number of methoxy groups -OCH3 is 1. The minimum Gasteiger partial charge on any atom is -0.496 e. The fraction of sp³-hybridized carbons (Fsp3) is 0.333. The predicted molar refractivity (Wildman–Crippen MR) is 50.6 cm³/mol. The number of rotatable bonds is 2. The molecular formula is C9H12ClNO. The van der Waals surface area contributed by atoms with E-state index in [2.05, 4.69) is 0 Å². The summed E-state index contributed by atoms with van der Waals surface area (Å²) in [6, 6.07) is 3.74. The zero-order valence-electron chi connectivity index (χ0n) is 7.23. The molecule has 3 heteroatoms. The van der Waals surface area contributed by atoms with Gasteiger partial charge in [0.1, 0.15) is 5.75 Å². The predicted octanol–water partition coefficient (Wildman–Crippen LogP) is 2.12. The van der Waals surface area contributed by atoms with Crippen molar-refractivity contribution in [2.45, 2.75) is 13.5 Å². The Morgan fingerprint density at radius 3 is 2.67 bits per heavy atom. The van der Waals surface area contributed by atoms with Crippen molar-refractivity contribution < 1.29 is 4.74 Å². The Kier molecular flexibility index (Phi) is 2.95. The van der Waals surface area contributed by atoms with E-state index in [9.17, 15) is 0 Å². The van der Waals surface area contributed by atoms with Crippen LogP contribution >= 0.6 is 11.6 Å². The third kappa shape index (κ3) is 1.71. The van der Waals surface area contributed by atoms with E-state index in [0.717, 1.165) is 16.9 Å². The van der Waals surface area contributed by atoms with E-state index in [-0.39, 0.29) is 0 Å². The summed E-state index contributed by atoms with van der Waals surface area (Å²) < 4.78 is 5.10. The van der Waals surface area contributed by atoms with E-state index in [1.54, 1.807) is 13.2 Å². The number of halogens is 1. The van der Waals surface area contributed by atoms with Crippen LogP contribution in [0, 0.1) is 6.92 Å². The van der Waals surface area contributed by atoms with Gasteiger partial charge >= 0.3 is 0 Å². The average Bonchev–Trinajstić information content (AvgIpc) is 2.08. The lowest BCUT2D eigenvalue weighted by atomic mass is 10.1. The van der Waals surface area contributed by atoms with Gasteiger partial charge in [-0.25, -0.2) is 0 Å². The van der Waals surface area contributed by atoms with Crippen LogP contribution in [0.15, 0.2) is 12.1 Å². The van der Waals surface area contributed by atoms with Crippen LogP contribution in [0.25, 0.3) is 0 Å². The Bertz CT molecular complexity index is 256. The maximum Gasteiger partial charge on any atom is 0.123 e. The first-order valence-electron chi connectivity index (χ1n) is 3.72. The van der Waals surface area contributed by atoms with Crippen LogP contribution in [-0.4, -0.2) is 7.11 Å². The second-order valence-corrected chi connectivity index (χ2v) is 3.02. The Labute approximate surface area is 77.3 Å².